The van der Waals surface area contributed by atoms with Gasteiger partial charge in [-0.3, -0.25) is 4.79 Å². The van der Waals surface area contributed by atoms with Crippen LogP contribution in [0.3, 0.4) is 0 Å². The molecule has 2 aliphatic rings. The van der Waals surface area contributed by atoms with Crippen LogP contribution in [0.5, 0.6) is 0 Å². The quantitative estimate of drug-likeness (QED) is 0.704. The minimum atomic E-state index is -0.0410. The predicted octanol–water partition coefficient (Wildman–Crippen LogP) is 2.17. The summed E-state index contributed by atoms with van der Waals surface area (Å²) in [5.41, 5.74) is 0.452. The number of rotatable bonds is 2. The molecule has 1 spiro atoms. The molecule has 0 unspecified atom stereocenters. The summed E-state index contributed by atoms with van der Waals surface area (Å²) in [6, 6.07) is 0. The van der Waals surface area contributed by atoms with Crippen molar-refractivity contribution in [3.63, 3.8) is 0 Å². The normalized spacial score (nSPS) is 20.6. The van der Waals surface area contributed by atoms with Crippen molar-refractivity contribution in [2.75, 3.05) is 26.8 Å². The maximum Gasteiger partial charge on any atom is 0.298 e. The van der Waals surface area contributed by atoms with Crippen LogP contribution in [0.1, 0.15) is 34.1 Å². The Bertz CT molecular complexity index is 350. The van der Waals surface area contributed by atoms with Crippen LogP contribution in [-0.4, -0.2) is 37.6 Å². The van der Waals surface area contributed by atoms with Crippen molar-refractivity contribution in [3.8, 4) is 11.8 Å². The summed E-state index contributed by atoms with van der Waals surface area (Å²) in [5, 5.41) is 0. The van der Waals surface area contributed by atoms with Crippen LogP contribution in [0.2, 0.25) is 0 Å². The Balaban J connectivity index is 0.00000162. The molecule has 0 atom stereocenters. The van der Waals surface area contributed by atoms with E-state index >= 15 is 0 Å². The molecule has 0 aromatic heterocycles. The molecule has 0 N–H and O–H groups in total. The van der Waals surface area contributed by atoms with Crippen LogP contribution >= 0.6 is 0 Å². The third kappa shape index (κ3) is 2.87. The van der Waals surface area contributed by atoms with Crippen molar-refractivity contribution in [2.24, 2.45) is 17.3 Å². The maximum atomic E-state index is 11.6. The first-order valence-electron chi connectivity index (χ1n) is 6.33. The number of likely N-dealkylation sites (tertiary alicyclic amines) is 1. The first kappa shape index (κ1) is 15.0. The predicted molar refractivity (Wildman–Crippen MR) is 73.0 cm³/mol. The minimum Gasteiger partial charge on any atom is -0.372 e. The van der Waals surface area contributed by atoms with Gasteiger partial charge >= 0.3 is 0 Å². The molecule has 1 aliphatic heterocycles. The number of amides is 1. The van der Waals surface area contributed by atoms with Gasteiger partial charge in [-0.1, -0.05) is 27.2 Å². The van der Waals surface area contributed by atoms with Crippen molar-refractivity contribution in [2.45, 2.75) is 34.1 Å². The van der Waals surface area contributed by atoms with Crippen LogP contribution in [0.25, 0.3) is 0 Å². The second-order valence-corrected chi connectivity index (χ2v) is 5.81. The molecule has 0 aromatic rings. The zero-order valence-corrected chi connectivity index (χ0v) is 11.0. The average Bonchev–Trinajstić information content (AvgIpc) is 2.13. The fourth-order valence-electron chi connectivity index (χ4n) is 2.95. The molecule has 1 amide bonds. The van der Waals surface area contributed by atoms with Crippen LogP contribution in [0.4, 0.5) is 0 Å². The first-order valence-corrected chi connectivity index (χ1v) is 6.33. The van der Waals surface area contributed by atoms with E-state index < -0.39 is 0 Å². The molecule has 102 valence electrons. The van der Waals surface area contributed by atoms with E-state index in [0.29, 0.717) is 12.0 Å². The lowest BCUT2D eigenvalue weighted by Gasteiger charge is -2.59. The highest BCUT2D eigenvalue weighted by molar-refractivity contribution is 5.94. The van der Waals surface area contributed by atoms with E-state index in [4.69, 9.17) is 4.74 Å². The van der Waals surface area contributed by atoms with Gasteiger partial charge in [-0.15, -0.1) is 0 Å². The lowest BCUT2D eigenvalue weighted by atomic mass is 9.55. The van der Waals surface area contributed by atoms with E-state index in [1.807, 2.05) is 4.90 Å². The summed E-state index contributed by atoms with van der Waals surface area (Å²) < 4.78 is 4.79. The summed E-state index contributed by atoms with van der Waals surface area (Å²) in [6.45, 7) is 6.73. The topological polar surface area (TPSA) is 29.5 Å². The summed E-state index contributed by atoms with van der Waals surface area (Å²) in [6.07, 6.45) is 2.58. The molecule has 18 heavy (non-hydrogen) atoms. The number of carbonyl (C=O) groups excluding carboxylic acids is 1. The molecule has 1 heterocycles. The second kappa shape index (κ2) is 5.75. The number of methoxy groups -OCH3 is 1. The van der Waals surface area contributed by atoms with Gasteiger partial charge in [0, 0.05) is 25.6 Å². The molecule has 3 heteroatoms. The largest absolute Gasteiger partial charge is 0.372 e. The number of hydrogen-bond donors (Lipinski definition) is 0. The third-order valence-corrected chi connectivity index (χ3v) is 4.08. The van der Waals surface area contributed by atoms with Crippen molar-refractivity contribution in [3.05, 3.63) is 0 Å². The lowest BCUT2D eigenvalue weighted by Crippen LogP contribution is -2.64. The molecule has 2 rings (SSSR count). The molecular formula is C15H25NO2. The van der Waals surface area contributed by atoms with Crippen molar-refractivity contribution >= 4 is 5.91 Å². The highest BCUT2D eigenvalue weighted by Gasteiger charge is 2.53. The minimum absolute atomic E-state index is 0. The zero-order valence-electron chi connectivity index (χ0n) is 11.0. The SMILES string of the molecule is C.COCC#CC(=O)N1CC2(CC(C(C)C)C2)C1. The number of carbonyl (C=O) groups is 1. The summed E-state index contributed by atoms with van der Waals surface area (Å²) >= 11 is 0. The molecule has 0 bridgehead atoms. The van der Waals surface area contributed by atoms with Gasteiger partial charge in [-0.25, -0.2) is 0 Å². The highest BCUT2D eigenvalue weighted by atomic mass is 16.5. The summed E-state index contributed by atoms with van der Waals surface area (Å²) in [4.78, 5) is 13.5. The van der Waals surface area contributed by atoms with Crippen LogP contribution in [-0.2, 0) is 9.53 Å². The Morgan fingerprint density at radius 1 is 1.44 bits per heavy atom. The van der Waals surface area contributed by atoms with E-state index in [1.165, 1.54) is 12.8 Å². The standard InChI is InChI=1S/C14H21NO2.CH4/c1-11(2)12-7-14(8-12)9-15(10-14)13(16)5-4-6-17-3;/h11-12H,6-10H2,1-3H3;1H4. The molecule has 0 radical (unpaired) electrons. The first-order chi connectivity index (χ1) is 8.06. The Morgan fingerprint density at radius 3 is 2.56 bits per heavy atom. The van der Waals surface area contributed by atoms with E-state index in [9.17, 15) is 4.79 Å². The molecule has 1 saturated heterocycles. The molecule has 1 aliphatic carbocycles. The monoisotopic (exact) mass is 251 g/mol. The van der Waals surface area contributed by atoms with Gasteiger partial charge in [0.15, 0.2) is 0 Å². The van der Waals surface area contributed by atoms with Crippen molar-refractivity contribution < 1.29 is 9.53 Å². The number of hydrogen-bond acceptors (Lipinski definition) is 2. The van der Waals surface area contributed by atoms with Gasteiger partial charge in [0.25, 0.3) is 5.91 Å². The van der Waals surface area contributed by atoms with E-state index in [2.05, 4.69) is 25.7 Å². The fraction of sp³-hybridized carbons (Fsp3) is 0.800. The van der Waals surface area contributed by atoms with Crippen LogP contribution < -0.4 is 0 Å². The van der Waals surface area contributed by atoms with E-state index in [-0.39, 0.29) is 13.3 Å². The Morgan fingerprint density at radius 2 is 2.06 bits per heavy atom. The maximum absolute atomic E-state index is 11.6. The van der Waals surface area contributed by atoms with Crippen molar-refractivity contribution in [1.82, 2.24) is 4.90 Å². The molecule has 0 aromatic carbocycles. The summed E-state index contributed by atoms with van der Waals surface area (Å²) in [7, 11) is 1.58. The highest BCUT2D eigenvalue weighted by Crippen LogP contribution is 2.54. The van der Waals surface area contributed by atoms with Gasteiger partial charge in [0.05, 0.1) is 0 Å². The summed E-state index contributed by atoms with van der Waals surface area (Å²) in [5.74, 6) is 6.94. The second-order valence-electron chi connectivity index (χ2n) is 5.81. The lowest BCUT2D eigenvalue weighted by molar-refractivity contribution is -0.151. The molecule has 1 saturated carbocycles. The van der Waals surface area contributed by atoms with Gasteiger partial charge < -0.3 is 9.64 Å². The molecule has 3 nitrogen and oxygen atoms in total. The molecule has 2 fully saturated rings. The van der Waals surface area contributed by atoms with Crippen molar-refractivity contribution in [1.29, 1.82) is 0 Å². The van der Waals surface area contributed by atoms with Gasteiger partial charge in [0.2, 0.25) is 0 Å². The van der Waals surface area contributed by atoms with Gasteiger partial charge in [-0.2, -0.15) is 0 Å². The van der Waals surface area contributed by atoms with Crippen LogP contribution in [0, 0.1) is 29.1 Å². The van der Waals surface area contributed by atoms with Gasteiger partial charge in [0.1, 0.15) is 6.61 Å². The average molecular weight is 251 g/mol. The zero-order chi connectivity index (χ0) is 12.5. The number of nitrogens with zero attached hydrogens (tertiary/aromatic N) is 1. The van der Waals surface area contributed by atoms with E-state index in [0.717, 1.165) is 24.9 Å². The fourth-order valence-corrected chi connectivity index (χ4v) is 2.95. The smallest absolute Gasteiger partial charge is 0.298 e. The van der Waals surface area contributed by atoms with Gasteiger partial charge in [-0.05, 0) is 30.6 Å². The molecular weight excluding hydrogens is 226 g/mol. The Kier molecular flexibility index (Phi) is 4.81. The van der Waals surface area contributed by atoms with E-state index in [1.54, 1.807) is 7.11 Å². The number of ether oxygens (including phenoxy) is 1. The Hall–Kier alpha value is -1.01. The Labute approximate surface area is 111 Å². The van der Waals surface area contributed by atoms with Crippen LogP contribution in [0.15, 0.2) is 0 Å². The third-order valence-electron chi connectivity index (χ3n) is 4.08.